The van der Waals surface area contributed by atoms with Gasteiger partial charge >= 0.3 is 5.97 Å². The zero-order chi connectivity index (χ0) is 14.4. The molecule has 0 saturated heterocycles. The fourth-order valence-corrected chi connectivity index (χ4v) is 1.93. The van der Waals surface area contributed by atoms with Crippen LogP contribution in [0.2, 0.25) is 0 Å². The van der Waals surface area contributed by atoms with Crippen LogP contribution in [0.25, 0.3) is 0 Å². The first-order valence-electron chi connectivity index (χ1n) is 6.23. The molecule has 0 spiro atoms. The highest BCUT2D eigenvalue weighted by Gasteiger charge is 2.21. The molecular formula is C14H20N2O3. The summed E-state index contributed by atoms with van der Waals surface area (Å²) >= 11 is 0. The summed E-state index contributed by atoms with van der Waals surface area (Å²) in [5, 5.41) is 8.72. The summed E-state index contributed by atoms with van der Waals surface area (Å²) in [7, 11) is 0. The molecule has 0 aliphatic rings. The van der Waals surface area contributed by atoms with E-state index in [0.29, 0.717) is 0 Å². The minimum atomic E-state index is -1.05. The van der Waals surface area contributed by atoms with E-state index >= 15 is 0 Å². The Morgan fingerprint density at radius 3 is 2.32 bits per heavy atom. The van der Waals surface area contributed by atoms with Gasteiger partial charge in [-0.25, -0.2) is 0 Å². The van der Waals surface area contributed by atoms with E-state index in [-0.39, 0.29) is 24.5 Å². The topological polar surface area (TPSA) is 106 Å². The number of hydrogen-bond donors (Lipinski definition) is 3. The molecule has 19 heavy (non-hydrogen) atoms. The number of carbonyl (C=O) groups excluding carboxylic acids is 1. The molecule has 1 aromatic carbocycles. The quantitative estimate of drug-likeness (QED) is 0.683. The largest absolute Gasteiger partial charge is 0.480 e. The van der Waals surface area contributed by atoms with E-state index in [1.807, 2.05) is 18.2 Å². The van der Waals surface area contributed by atoms with E-state index in [2.05, 4.69) is 0 Å². The minimum Gasteiger partial charge on any atom is -0.480 e. The second-order valence-corrected chi connectivity index (χ2v) is 4.84. The van der Waals surface area contributed by atoms with Crippen LogP contribution in [-0.2, 0) is 9.59 Å². The summed E-state index contributed by atoms with van der Waals surface area (Å²) in [5.41, 5.74) is 12.1. The van der Waals surface area contributed by atoms with Crippen LogP contribution in [0.3, 0.4) is 0 Å². The zero-order valence-corrected chi connectivity index (χ0v) is 11.0. The lowest BCUT2D eigenvalue weighted by Gasteiger charge is -2.16. The lowest BCUT2D eigenvalue weighted by molar-refractivity contribution is -0.139. The molecule has 0 aromatic heterocycles. The van der Waals surface area contributed by atoms with Crippen molar-refractivity contribution < 1.29 is 14.7 Å². The Labute approximate surface area is 112 Å². The number of carboxylic acids is 1. The number of hydrogen-bond acceptors (Lipinski definition) is 4. The van der Waals surface area contributed by atoms with Gasteiger partial charge in [0.15, 0.2) is 5.78 Å². The summed E-state index contributed by atoms with van der Waals surface area (Å²) < 4.78 is 0. The van der Waals surface area contributed by atoms with Gasteiger partial charge in [-0.15, -0.1) is 0 Å². The predicted octanol–water partition coefficient (Wildman–Crippen LogP) is 1.08. The normalized spacial score (nSPS) is 15.5. The molecule has 1 rings (SSSR count). The fourth-order valence-electron chi connectivity index (χ4n) is 1.93. The van der Waals surface area contributed by atoms with Crippen molar-refractivity contribution in [1.82, 2.24) is 0 Å². The number of nitrogens with two attached hydrogens (primary N) is 2. The van der Waals surface area contributed by atoms with Crippen molar-refractivity contribution in [3.05, 3.63) is 35.9 Å². The molecule has 5 heteroatoms. The molecule has 0 aliphatic carbocycles. The van der Waals surface area contributed by atoms with E-state index < -0.39 is 18.1 Å². The number of ketones is 1. The van der Waals surface area contributed by atoms with Crippen molar-refractivity contribution in [3.8, 4) is 0 Å². The van der Waals surface area contributed by atoms with Crippen LogP contribution < -0.4 is 11.5 Å². The number of aliphatic carboxylic acids is 1. The predicted molar refractivity (Wildman–Crippen MR) is 72.4 cm³/mol. The van der Waals surface area contributed by atoms with Gasteiger partial charge in [0.05, 0.1) is 6.04 Å². The average Bonchev–Trinajstić information content (AvgIpc) is 2.38. The van der Waals surface area contributed by atoms with E-state index in [1.165, 1.54) is 0 Å². The van der Waals surface area contributed by atoms with Gasteiger partial charge in [-0.05, 0) is 17.9 Å². The first-order valence-corrected chi connectivity index (χ1v) is 6.23. The van der Waals surface area contributed by atoms with Crippen LogP contribution in [0.4, 0.5) is 0 Å². The highest BCUT2D eigenvalue weighted by molar-refractivity contribution is 5.85. The molecule has 0 amide bonds. The number of Topliss-reactive ketones (excluding diaryl/α,β-unsaturated/α-hetero) is 1. The van der Waals surface area contributed by atoms with Gasteiger partial charge in [-0.1, -0.05) is 37.3 Å². The van der Waals surface area contributed by atoms with Crippen molar-refractivity contribution in [3.63, 3.8) is 0 Å². The Bertz CT molecular complexity index is 434. The highest BCUT2D eigenvalue weighted by Crippen LogP contribution is 2.17. The Morgan fingerprint density at radius 2 is 1.79 bits per heavy atom. The van der Waals surface area contributed by atoms with Crippen LogP contribution in [0.1, 0.15) is 31.4 Å². The molecular weight excluding hydrogens is 244 g/mol. The molecule has 2 unspecified atom stereocenters. The number of benzene rings is 1. The third-order valence-corrected chi connectivity index (χ3v) is 3.03. The van der Waals surface area contributed by atoms with Gasteiger partial charge in [0, 0.05) is 6.42 Å². The summed E-state index contributed by atoms with van der Waals surface area (Å²) in [6.07, 6.45) is 0.500. The van der Waals surface area contributed by atoms with Gasteiger partial charge in [-0.3, -0.25) is 9.59 Å². The SMILES string of the molecule is CC(CC(=O)C(N)c1ccccc1)C[C@H](N)C(=O)O. The third kappa shape index (κ3) is 4.81. The van der Waals surface area contributed by atoms with Crippen LogP contribution in [0.5, 0.6) is 0 Å². The van der Waals surface area contributed by atoms with E-state index in [4.69, 9.17) is 16.6 Å². The molecule has 3 atom stereocenters. The number of rotatable bonds is 7. The average molecular weight is 264 g/mol. The minimum absolute atomic E-state index is 0.101. The van der Waals surface area contributed by atoms with Crippen LogP contribution in [0.15, 0.2) is 30.3 Å². The molecule has 104 valence electrons. The molecule has 0 saturated carbocycles. The van der Waals surface area contributed by atoms with Crippen LogP contribution in [-0.4, -0.2) is 22.9 Å². The Hall–Kier alpha value is -1.72. The van der Waals surface area contributed by atoms with Crippen molar-refractivity contribution in [2.45, 2.75) is 31.8 Å². The smallest absolute Gasteiger partial charge is 0.320 e. The summed E-state index contributed by atoms with van der Waals surface area (Å²) in [5.74, 6) is -1.25. The molecule has 5 N–H and O–H groups in total. The van der Waals surface area contributed by atoms with Crippen molar-refractivity contribution in [2.24, 2.45) is 17.4 Å². The molecule has 0 aliphatic heterocycles. The first-order chi connectivity index (χ1) is 8.91. The maximum Gasteiger partial charge on any atom is 0.320 e. The van der Waals surface area contributed by atoms with E-state index in [1.54, 1.807) is 19.1 Å². The van der Waals surface area contributed by atoms with Gasteiger partial charge in [0.25, 0.3) is 0 Å². The molecule has 1 aromatic rings. The third-order valence-electron chi connectivity index (χ3n) is 3.03. The van der Waals surface area contributed by atoms with Crippen molar-refractivity contribution in [2.75, 3.05) is 0 Å². The lowest BCUT2D eigenvalue weighted by atomic mass is 9.92. The number of carbonyl (C=O) groups is 2. The molecule has 0 bridgehead atoms. The second kappa shape index (κ2) is 7.01. The van der Waals surface area contributed by atoms with E-state index in [0.717, 1.165) is 5.56 Å². The Morgan fingerprint density at radius 1 is 1.21 bits per heavy atom. The van der Waals surface area contributed by atoms with E-state index in [9.17, 15) is 9.59 Å². The van der Waals surface area contributed by atoms with Gasteiger partial charge in [0.2, 0.25) is 0 Å². The standard InChI is InChI=1S/C14H20N2O3/c1-9(7-11(15)14(18)19)8-12(17)13(16)10-5-3-2-4-6-10/h2-6,9,11,13H,7-8,15-16H2,1H3,(H,18,19)/t9?,11-,13?/m0/s1. The first kappa shape index (κ1) is 15.3. The maximum atomic E-state index is 12.0. The number of carboxylic acid groups (broad SMARTS) is 1. The highest BCUT2D eigenvalue weighted by atomic mass is 16.4. The molecule has 0 radical (unpaired) electrons. The molecule has 0 fully saturated rings. The van der Waals surface area contributed by atoms with Gasteiger partial charge in [-0.2, -0.15) is 0 Å². The fraction of sp³-hybridized carbons (Fsp3) is 0.429. The van der Waals surface area contributed by atoms with Crippen molar-refractivity contribution in [1.29, 1.82) is 0 Å². The second-order valence-electron chi connectivity index (χ2n) is 4.84. The lowest BCUT2D eigenvalue weighted by Crippen LogP contribution is -2.33. The Kier molecular flexibility index (Phi) is 5.66. The van der Waals surface area contributed by atoms with Gasteiger partial charge in [0.1, 0.15) is 6.04 Å². The van der Waals surface area contributed by atoms with Crippen LogP contribution >= 0.6 is 0 Å². The molecule has 0 heterocycles. The summed E-state index contributed by atoms with van der Waals surface area (Å²) in [6.45, 7) is 1.80. The Balaban J connectivity index is 2.53. The molecule has 5 nitrogen and oxygen atoms in total. The van der Waals surface area contributed by atoms with Gasteiger partial charge < -0.3 is 16.6 Å². The summed E-state index contributed by atoms with van der Waals surface area (Å²) in [6, 6.07) is 7.51. The monoisotopic (exact) mass is 264 g/mol. The van der Waals surface area contributed by atoms with Crippen molar-refractivity contribution >= 4 is 11.8 Å². The maximum absolute atomic E-state index is 12.0. The zero-order valence-electron chi connectivity index (χ0n) is 11.0. The van der Waals surface area contributed by atoms with Crippen LogP contribution in [0, 0.1) is 5.92 Å². The summed E-state index contributed by atoms with van der Waals surface area (Å²) in [4.78, 5) is 22.6.